The van der Waals surface area contributed by atoms with E-state index < -0.39 is 31.8 Å². The van der Waals surface area contributed by atoms with Crippen LogP contribution in [0.2, 0.25) is 0 Å². The SMILES string of the molecule is CCS(=O)(=O)c1ccc(NC(=O)C2CCCN2S(=O)(=O)c2c(C)cc(C)cc2C)cc1. The Balaban J connectivity index is 1.84. The highest BCUT2D eigenvalue weighted by Gasteiger charge is 2.40. The second kappa shape index (κ2) is 8.72. The molecule has 168 valence electrons. The van der Waals surface area contributed by atoms with Gasteiger partial charge in [0.15, 0.2) is 9.84 Å². The molecule has 2 aromatic carbocycles. The number of carbonyl (C=O) groups is 1. The van der Waals surface area contributed by atoms with Crippen molar-refractivity contribution in [2.75, 3.05) is 17.6 Å². The van der Waals surface area contributed by atoms with Gasteiger partial charge in [-0.25, -0.2) is 16.8 Å². The van der Waals surface area contributed by atoms with Crippen molar-refractivity contribution >= 4 is 31.5 Å². The zero-order valence-corrected chi connectivity index (χ0v) is 19.8. The normalized spacial score (nSPS) is 17.6. The first-order valence-corrected chi connectivity index (χ1v) is 13.3. The molecular formula is C22H28N2O5S2. The molecule has 1 amide bonds. The zero-order valence-electron chi connectivity index (χ0n) is 18.2. The Kier molecular flexibility index (Phi) is 6.59. The Hall–Kier alpha value is -2.23. The van der Waals surface area contributed by atoms with Crippen molar-refractivity contribution in [3.8, 4) is 0 Å². The quantitative estimate of drug-likeness (QED) is 0.708. The van der Waals surface area contributed by atoms with E-state index in [0.717, 1.165) is 5.56 Å². The third-order valence-corrected chi connectivity index (χ3v) is 9.50. The average molecular weight is 465 g/mol. The predicted molar refractivity (Wildman–Crippen MR) is 120 cm³/mol. The summed E-state index contributed by atoms with van der Waals surface area (Å²) in [7, 11) is -7.17. The Morgan fingerprint density at radius 2 is 1.61 bits per heavy atom. The molecule has 0 aromatic heterocycles. The molecule has 7 nitrogen and oxygen atoms in total. The summed E-state index contributed by atoms with van der Waals surface area (Å²) in [6.07, 6.45) is 1.02. The molecule has 1 N–H and O–H groups in total. The van der Waals surface area contributed by atoms with Crippen LogP contribution in [0.5, 0.6) is 0 Å². The molecule has 1 aliphatic heterocycles. The van der Waals surface area contributed by atoms with Gasteiger partial charge < -0.3 is 5.32 Å². The summed E-state index contributed by atoms with van der Waals surface area (Å²) in [6, 6.07) is 8.76. The van der Waals surface area contributed by atoms with Crippen LogP contribution < -0.4 is 5.32 Å². The van der Waals surface area contributed by atoms with Crippen molar-refractivity contribution in [1.82, 2.24) is 4.31 Å². The first-order valence-electron chi connectivity index (χ1n) is 10.2. The van der Waals surface area contributed by atoms with E-state index in [0.29, 0.717) is 29.7 Å². The van der Waals surface area contributed by atoms with E-state index >= 15 is 0 Å². The third-order valence-electron chi connectivity index (χ3n) is 5.54. The smallest absolute Gasteiger partial charge is 0.244 e. The van der Waals surface area contributed by atoms with E-state index in [-0.39, 0.29) is 22.1 Å². The number of hydrogen-bond acceptors (Lipinski definition) is 5. The summed E-state index contributed by atoms with van der Waals surface area (Å²) in [5.74, 6) is -0.430. The van der Waals surface area contributed by atoms with Crippen LogP contribution in [-0.4, -0.2) is 45.4 Å². The molecule has 0 aliphatic carbocycles. The fourth-order valence-corrected chi connectivity index (χ4v) is 7.07. The molecule has 1 heterocycles. The van der Waals surface area contributed by atoms with Crippen LogP contribution >= 0.6 is 0 Å². The Morgan fingerprint density at radius 1 is 1.03 bits per heavy atom. The monoisotopic (exact) mass is 464 g/mol. The van der Waals surface area contributed by atoms with Crippen LogP contribution in [0, 0.1) is 20.8 Å². The van der Waals surface area contributed by atoms with Crippen molar-refractivity contribution in [1.29, 1.82) is 0 Å². The van der Waals surface area contributed by atoms with Gasteiger partial charge in [-0.1, -0.05) is 24.6 Å². The predicted octanol–water partition coefficient (Wildman–Crippen LogP) is 3.20. The minimum Gasteiger partial charge on any atom is -0.325 e. The number of anilines is 1. The minimum absolute atomic E-state index is 0.00849. The molecule has 1 aliphatic rings. The van der Waals surface area contributed by atoms with Crippen molar-refractivity contribution in [2.24, 2.45) is 0 Å². The number of benzene rings is 2. The Bertz CT molecular complexity index is 1180. The molecule has 2 aromatic rings. The van der Waals surface area contributed by atoms with Gasteiger partial charge in [-0.05, 0) is 69.0 Å². The third kappa shape index (κ3) is 4.68. The lowest BCUT2D eigenvalue weighted by atomic mass is 10.1. The van der Waals surface area contributed by atoms with Crippen LogP contribution in [0.3, 0.4) is 0 Å². The van der Waals surface area contributed by atoms with E-state index in [1.165, 1.54) is 28.6 Å². The van der Waals surface area contributed by atoms with Crippen LogP contribution in [0.15, 0.2) is 46.2 Å². The largest absolute Gasteiger partial charge is 0.325 e. The van der Waals surface area contributed by atoms with E-state index in [9.17, 15) is 21.6 Å². The summed E-state index contributed by atoms with van der Waals surface area (Å²) in [5.41, 5.74) is 2.73. The first kappa shape index (κ1) is 23.4. The number of sulfonamides is 1. The van der Waals surface area contributed by atoms with Gasteiger partial charge in [-0.2, -0.15) is 4.31 Å². The molecule has 9 heteroatoms. The molecule has 1 fully saturated rings. The number of rotatable bonds is 6. The summed E-state index contributed by atoms with van der Waals surface area (Å²) in [5, 5.41) is 2.73. The van der Waals surface area contributed by atoms with Gasteiger partial charge in [0, 0.05) is 12.2 Å². The van der Waals surface area contributed by atoms with E-state index in [2.05, 4.69) is 5.32 Å². The maximum absolute atomic E-state index is 13.4. The van der Waals surface area contributed by atoms with Gasteiger partial charge in [0.05, 0.1) is 15.5 Å². The summed E-state index contributed by atoms with van der Waals surface area (Å²) in [6.45, 7) is 7.30. The van der Waals surface area contributed by atoms with Crippen LogP contribution in [-0.2, 0) is 24.7 Å². The Morgan fingerprint density at radius 3 is 2.16 bits per heavy atom. The van der Waals surface area contributed by atoms with E-state index in [1.54, 1.807) is 20.8 Å². The van der Waals surface area contributed by atoms with E-state index in [1.807, 2.05) is 19.1 Å². The standard InChI is InChI=1S/C22H28N2O5S2/c1-5-30(26,27)19-10-8-18(9-11-19)23-22(25)20-7-6-12-24(20)31(28,29)21-16(3)13-15(2)14-17(21)4/h8-11,13-14,20H,5-7,12H2,1-4H3,(H,23,25). The first-order chi connectivity index (χ1) is 14.5. The lowest BCUT2D eigenvalue weighted by molar-refractivity contribution is -0.119. The lowest BCUT2D eigenvalue weighted by Crippen LogP contribution is -2.43. The topological polar surface area (TPSA) is 101 Å². The van der Waals surface area contributed by atoms with Crippen LogP contribution in [0.1, 0.15) is 36.5 Å². The molecule has 1 atom stereocenters. The number of hydrogen-bond donors (Lipinski definition) is 1. The summed E-state index contributed by atoms with van der Waals surface area (Å²) in [4.78, 5) is 13.4. The van der Waals surface area contributed by atoms with E-state index in [4.69, 9.17) is 0 Å². The van der Waals surface area contributed by atoms with Gasteiger partial charge in [0.25, 0.3) is 0 Å². The highest BCUT2D eigenvalue weighted by Crippen LogP contribution is 2.31. The van der Waals surface area contributed by atoms with Gasteiger partial charge >= 0.3 is 0 Å². The maximum atomic E-state index is 13.4. The van der Waals surface area contributed by atoms with Gasteiger partial charge in [-0.15, -0.1) is 0 Å². The number of nitrogens with zero attached hydrogens (tertiary/aromatic N) is 1. The summed E-state index contributed by atoms with van der Waals surface area (Å²) < 4.78 is 52.0. The minimum atomic E-state index is -3.84. The van der Waals surface area contributed by atoms with Crippen molar-refractivity contribution in [3.63, 3.8) is 0 Å². The van der Waals surface area contributed by atoms with Crippen LogP contribution in [0.4, 0.5) is 5.69 Å². The Labute approximate surface area is 184 Å². The number of amides is 1. The number of carbonyl (C=O) groups excluding carboxylic acids is 1. The zero-order chi connectivity index (χ0) is 23.0. The fraction of sp³-hybridized carbons (Fsp3) is 0.409. The molecule has 31 heavy (non-hydrogen) atoms. The molecule has 0 bridgehead atoms. The van der Waals surface area contributed by atoms with Crippen molar-refractivity contribution < 1.29 is 21.6 Å². The molecule has 0 radical (unpaired) electrons. The van der Waals surface area contributed by atoms with Crippen molar-refractivity contribution in [2.45, 2.75) is 56.4 Å². The highest BCUT2D eigenvalue weighted by molar-refractivity contribution is 7.91. The number of aryl methyl sites for hydroxylation is 3. The highest BCUT2D eigenvalue weighted by atomic mass is 32.2. The van der Waals surface area contributed by atoms with Gasteiger partial charge in [-0.3, -0.25) is 4.79 Å². The fourth-order valence-electron chi connectivity index (χ4n) is 4.12. The molecule has 1 unspecified atom stereocenters. The van der Waals surface area contributed by atoms with Crippen LogP contribution in [0.25, 0.3) is 0 Å². The van der Waals surface area contributed by atoms with Gasteiger partial charge in [0.1, 0.15) is 6.04 Å². The average Bonchev–Trinajstić information content (AvgIpc) is 3.18. The second-order valence-electron chi connectivity index (χ2n) is 7.92. The lowest BCUT2D eigenvalue weighted by Gasteiger charge is -2.25. The molecule has 1 saturated heterocycles. The van der Waals surface area contributed by atoms with Crippen molar-refractivity contribution in [3.05, 3.63) is 53.1 Å². The van der Waals surface area contributed by atoms with Gasteiger partial charge in [0.2, 0.25) is 15.9 Å². The molecule has 0 spiro atoms. The molecule has 3 rings (SSSR count). The molecule has 0 saturated carbocycles. The number of nitrogens with one attached hydrogen (secondary N) is 1. The maximum Gasteiger partial charge on any atom is 0.244 e. The number of sulfone groups is 1. The second-order valence-corrected chi connectivity index (χ2v) is 12.0. The summed E-state index contributed by atoms with van der Waals surface area (Å²) >= 11 is 0. The molecular weight excluding hydrogens is 436 g/mol.